The predicted octanol–water partition coefficient (Wildman–Crippen LogP) is 4.67. The first-order chi connectivity index (χ1) is 14.9. The van der Waals surface area contributed by atoms with Crippen molar-refractivity contribution < 1.29 is 4.74 Å². The fourth-order valence-electron chi connectivity index (χ4n) is 4.67. The highest BCUT2D eigenvalue weighted by molar-refractivity contribution is 5.99. The molecule has 0 radical (unpaired) electrons. The van der Waals surface area contributed by atoms with Crippen LogP contribution in [0.3, 0.4) is 0 Å². The van der Waals surface area contributed by atoms with Crippen molar-refractivity contribution in [1.82, 2.24) is 4.98 Å². The van der Waals surface area contributed by atoms with Crippen LogP contribution in [0.15, 0.2) is 54.7 Å². The molecule has 2 fully saturated rings. The van der Waals surface area contributed by atoms with E-state index in [0.717, 1.165) is 57.1 Å². The number of rotatable bonds is 5. The molecule has 0 saturated carbocycles. The van der Waals surface area contributed by atoms with Crippen molar-refractivity contribution in [3.63, 3.8) is 0 Å². The molecule has 3 aromatic rings. The minimum atomic E-state index is 0.792. The second kappa shape index (κ2) is 8.92. The summed E-state index contributed by atoms with van der Waals surface area (Å²) < 4.78 is 5.53. The second-order valence-corrected chi connectivity index (χ2v) is 8.16. The quantitative estimate of drug-likeness (QED) is 0.671. The number of piperidine rings is 1. The topological polar surface area (TPSA) is 40.6 Å². The highest BCUT2D eigenvalue weighted by atomic mass is 16.5. The number of morpholine rings is 1. The number of ether oxygens (including phenoxy) is 1. The van der Waals surface area contributed by atoms with Gasteiger partial charge < -0.3 is 19.9 Å². The average Bonchev–Trinajstić information content (AvgIpc) is 2.84. The van der Waals surface area contributed by atoms with Crippen molar-refractivity contribution >= 4 is 28.0 Å². The maximum atomic E-state index is 5.53. The lowest BCUT2D eigenvalue weighted by Crippen LogP contribution is -2.36. The van der Waals surface area contributed by atoms with Crippen molar-refractivity contribution in [2.75, 3.05) is 54.5 Å². The molecule has 156 valence electrons. The molecular formula is C25H30N4O. The van der Waals surface area contributed by atoms with Crippen LogP contribution in [0.5, 0.6) is 0 Å². The lowest BCUT2D eigenvalue weighted by atomic mass is 10.1. The van der Waals surface area contributed by atoms with Crippen LogP contribution >= 0.6 is 0 Å². The Morgan fingerprint density at radius 3 is 2.47 bits per heavy atom. The summed E-state index contributed by atoms with van der Waals surface area (Å²) in [6.07, 6.45) is 5.79. The van der Waals surface area contributed by atoms with E-state index in [9.17, 15) is 0 Å². The Bertz CT molecular complexity index is 993. The Morgan fingerprint density at radius 2 is 1.60 bits per heavy atom. The summed E-state index contributed by atoms with van der Waals surface area (Å²) in [6.45, 7) is 6.56. The van der Waals surface area contributed by atoms with Crippen molar-refractivity contribution in [3.05, 3.63) is 60.3 Å². The van der Waals surface area contributed by atoms with Gasteiger partial charge in [-0.15, -0.1) is 0 Å². The second-order valence-electron chi connectivity index (χ2n) is 8.16. The number of aromatic nitrogens is 1. The largest absolute Gasteiger partial charge is 0.380 e. The normalized spacial score (nSPS) is 17.3. The molecule has 0 amide bonds. The summed E-state index contributed by atoms with van der Waals surface area (Å²) in [5.41, 5.74) is 6.14. The van der Waals surface area contributed by atoms with E-state index in [1.807, 2.05) is 12.3 Å². The number of nitrogens with one attached hydrogen (secondary N) is 1. The molecule has 0 atom stereocenters. The van der Waals surface area contributed by atoms with E-state index in [1.54, 1.807) is 0 Å². The summed E-state index contributed by atoms with van der Waals surface area (Å²) in [4.78, 5) is 9.69. The number of pyridine rings is 1. The molecule has 2 saturated heterocycles. The molecule has 30 heavy (non-hydrogen) atoms. The van der Waals surface area contributed by atoms with E-state index in [1.165, 1.54) is 41.6 Å². The molecular weight excluding hydrogens is 372 g/mol. The highest BCUT2D eigenvalue weighted by Crippen LogP contribution is 2.33. The van der Waals surface area contributed by atoms with Gasteiger partial charge in [0, 0.05) is 55.7 Å². The van der Waals surface area contributed by atoms with E-state index >= 15 is 0 Å². The third-order valence-corrected chi connectivity index (χ3v) is 6.26. The summed E-state index contributed by atoms with van der Waals surface area (Å²) in [5.74, 6) is 0. The molecule has 2 aromatic carbocycles. The Morgan fingerprint density at radius 1 is 0.800 bits per heavy atom. The number of hydrogen-bond acceptors (Lipinski definition) is 5. The fourth-order valence-corrected chi connectivity index (χ4v) is 4.67. The van der Waals surface area contributed by atoms with Crippen molar-refractivity contribution in [3.8, 4) is 0 Å². The molecule has 2 aliphatic heterocycles. The van der Waals surface area contributed by atoms with Gasteiger partial charge in [0.05, 0.1) is 24.4 Å². The molecule has 0 aliphatic carbocycles. The van der Waals surface area contributed by atoms with E-state index < -0.39 is 0 Å². The van der Waals surface area contributed by atoms with Gasteiger partial charge in [0.15, 0.2) is 0 Å². The van der Waals surface area contributed by atoms with E-state index in [2.05, 4.69) is 57.6 Å². The maximum Gasteiger partial charge on any atom is 0.0956 e. The molecule has 5 nitrogen and oxygen atoms in total. The minimum Gasteiger partial charge on any atom is -0.380 e. The number of hydrogen-bond donors (Lipinski definition) is 1. The maximum absolute atomic E-state index is 5.53. The number of nitrogens with zero attached hydrogens (tertiary/aromatic N) is 3. The summed E-state index contributed by atoms with van der Waals surface area (Å²) in [7, 11) is 0. The van der Waals surface area contributed by atoms with Crippen LogP contribution in [-0.2, 0) is 11.3 Å². The number of anilines is 3. The number of para-hydroxylation sites is 1. The van der Waals surface area contributed by atoms with Crippen LogP contribution in [0.4, 0.5) is 17.1 Å². The molecule has 5 rings (SSSR count). The molecule has 3 heterocycles. The first kappa shape index (κ1) is 19.2. The first-order valence-corrected chi connectivity index (χ1v) is 11.2. The van der Waals surface area contributed by atoms with Crippen molar-refractivity contribution in [2.24, 2.45) is 0 Å². The molecule has 0 unspecified atom stereocenters. The van der Waals surface area contributed by atoms with Gasteiger partial charge in [-0.3, -0.25) is 4.98 Å². The van der Waals surface area contributed by atoms with Crippen LogP contribution in [0.1, 0.15) is 24.8 Å². The van der Waals surface area contributed by atoms with Gasteiger partial charge in [-0.1, -0.05) is 18.2 Å². The number of fused-ring (bicyclic) bond motifs is 1. The minimum absolute atomic E-state index is 0.792. The summed E-state index contributed by atoms with van der Waals surface area (Å²) in [5, 5.41) is 4.90. The van der Waals surface area contributed by atoms with Crippen LogP contribution in [0, 0.1) is 0 Å². The van der Waals surface area contributed by atoms with Gasteiger partial charge in [-0.2, -0.15) is 0 Å². The lowest BCUT2D eigenvalue weighted by molar-refractivity contribution is 0.122. The van der Waals surface area contributed by atoms with E-state index in [4.69, 9.17) is 9.72 Å². The zero-order valence-corrected chi connectivity index (χ0v) is 17.5. The van der Waals surface area contributed by atoms with Gasteiger partial charge in [0.2, 0.25) is 0 Å². The van der Waals surface area contributed by atoms with Crippen LogP contribution < -0.4 is 15.1 Å². The highest BCUT2D eigenvalue weighted by Gasteiger charge is 2.17. The number of benzene rings is 2. The smallest absolute Gasteiger partial charge is 0.0956 e. The van der Waals surface area contributed by atoms with Crippen LogP contribution in [0.25, 0.3) is 10.9 Å². The fraction of sp³-hybridized carbons (Fsp3) is 0.400. The SMILES string of the molecule is c1ccc(N2CCOCC2)c(CNc2ccc(N3CCCCC3)c3ncccc23)c1. The third-order valence-electron chi connectivity index (χ3n) is 6.26. The summed E-state index contributed by atoms with van der Waals surface area (Å²) >= 11 is 0. The Balaban J connectivity index is 1.40. The average molecular weight is 403 g/mol. The standard InChI is InChI=1S/C25H30N4O/c1-4-13-28(14-5-1)24-11-10-22(21-8-6-12-26-25(21)24)27-19-20-7-2-3-9-23(20)29-15-17-30-18-16-29/h2-3,6-12,27H,1,4-5,13-19H2. The van der Waals surface area contributed by atoms with Crippen molar-refractivity contribution in [1.29, 1.82) is 0 Å². The molecule has 5 heteroatoms. The Labute approximate surface area is 178 Å². The van der Waals surface area contributed by atoms with E-state index in [0.29, 0.717) is 0 Å². The van der Waals surface area contributed by atoms with Crippen LogP contribution in [0.2, 0.25) is 0 Å². The van der Waals surface area contributed by atoms with Gasteiger partial charge in [0.25, 0.3) is 0 Å². The van der Waals surface area contributed by atoms with E-state index in [-0.39, 0.29) is 0 Å². The molecule has 2 aliphatic rings. The van der Waals surface area contributed by atoms with Gasteiger partial charge in [-0.05, 0) is 55.2 Å². The zero-order valence-electron chi connectivity index (χ0n) is 17.5. The van der Waals surface area contributed by atoms with Gasteiger partial charge >= 0.3 is 0 Å². The Kier molecular flexibility index (Phi) is 5.71. The zero-order chi connectivity index (χ0) is 20.2. The predicted molar refractivity (Wildman–Crippen MR) is 125 cm³/mol. The third kappa shape index (κ3) is 3.94. The molecule has 1 aromatic heterocycles. The van der Waals surface area contributed by atoms with Crippen LogP contribution in [-0.4, -0.2) is 44.4 Å². The van der Waals surface area contributed by atoms with Gasteiger partial charge in [0.1, 0.15) is 0 Å². The monoisotopic (exact) mass is 402 g/mol. The Hall–Kier alpha value is -2.79. The van der Waals surface area contributed by atoms with Crippen molar-refractivity contribution in [2.45, 2.75) is 25.8 Å². The summed E-state index contributed by atoms with van der Waals surface area (Å²) in [6, 6.07) is 17.4. The molecule has 0 bridgehead atoms. The first-order valence-electron chi connectivity index (χ1n) is 11.2. The molecule has 0 spiro atoms. The van der Waals surface area contributed by atoms with Gasteiger partial charge in [-0.25, -0.2) is 0 Å². The lowest BCUT2D eigenvalue weighted by Gasteiger charge is -2.31. The molecule has 1 N–H and O–H groups in total.